The van der Waals surface area contributed by atoms with E-state index in [4.69, 9.17) is 9.84 Å². The molecule has 21 heavy (non-hydrogen) atoms. The van der Waals surface area contributed by atoms with Crippen LogP contribution in [0, 0.1) is 0 Å². The molecule has 1 saturated heterocycles. The van der Waals surface area contributed by atoms with E-state index in [0.29, 0.717) is 25.4 Å². The van der Waals surface area contributed by atoms with Crippen LogP contribution < -0.4 is 4.90 Å². The first-order valence-corrected chi connectivity index (χ1v) is 6.73. The number of carboxylic acid groups (broad SMARTS) is 1. The zero-order valence-corrected chi connectivity index (χ0v) is 12.2. The number of hydrogen-bond acceptors (Lipinski definition) is 5. The van der Waals surface area contributed by atoms with Crippen LogP contribution in [-0.4, -0.2) is 66.8 Å². The van der Waals surface area contributed by atoms with E-state index >= 15 is 0 Å². The molecule has 7 heteroatoms. The molecule has 7 nitrogen and oxygen atoms in total. The number of carbonyl (C=O) groups is 2. The Morgan fingerprint density at radius 1 is 1.52 bits per heavy atom. The molecular formula is C14H19N3O4. The third-order valence-electron chi connectivity index (χ3n) is 3.28. The third kappa shape index (κ3) is 3.91. The lowest BCUT2D eigenvalue weighted by Gasteiger charge is -2.34. The van der Waals surface area contributed by atoms with E-state index in [9.17, 15) is 9.59 Å². The molecule has 1 aliphatic rings. The van der Waals surface area contributed by atoms with Gasteiger partial charge in [-0.15, -0.1) is 0 Å². The fourth-order valence-electron chi connectivity index (χ4n) is 2.23. The minimum Gasteiger partial charge on any atom is -0.481 e. The second-order valence-corrected chi connectivity index (χ2v) is 5.14. The summed E-state index contributed by atoms with van der Waals surface area (Å²) in [6, 6.07) is 3.54. The highest BCUT2D eigenvalue weighted by Gasteiger charge is 2.23. The van der Waals surface area contributed by atoms with Crippen LogP contribution in [0.5, 0.6) is 0 Å². The van der Waals surface area contributed by atoms with E-state index in [1.165, 1.54) is 4.90 Å². The van der Waals surface area contributed by atoms with Crippen molar-refractivity contribution in [2.45, 2.75) is 12.5 Å². The molecule has 0 bridgehead atoms. The number of carbonyl (C=O) groups excluding carboxylic acids is 1. The highest BCUT2D eigenvalue weighted by molar-refractivity contribution is 5.92. The average molecular weight is 293 g/mol. The summed E-state index contributed by atoms with van der Waals surface area (Å²) >= 11 is 0. The third-order valence-corrected chi connectivity index (χ3v) is 3.28. The van der Waals surface area contributed by atoms with Crippen molar-refractivity contribution >= 4 is 17.6 Å². The van der Waals surface area contributed by atoms with Gasteiger partial charge in [0.15, 0.2) is 0 Å². The Labute approximate surface area is 123 Å². The predicted octanol–water partition coefficient (Wildman–Crippen LogP) is 0.463. The number of aliphatic carboxylic acids is 1. The Bertz CT molecular complexity index is 533. The van der Waals surface area contributed by atoms with Gasteiger partial charge in [-0.1, -0.05) is 0 Å². The average Bonchev–Trinajstić information content (AvgIpc) is 2.46. The van der Waals surface area contributed by atoms with Gasteiger partial charge in [0.2, 0.25) is 0 Å². The zero-order chi connectivity index (χ0) is 15.4. The number of rotatable bonds is 4. The second-order valence-electron chi connectivity index (χ2n) is 5.14. The van der Waals surface area contributed by atoms with Gasteiger partial charge in [0, 0.05) is 39.1 Å². The smallest absolute Gasteiger partial charge is 0.306 e. The Kier molecular flexibility index (Phi) is 4.74. The second kappa shape index (κ2) is 6.53. The molecule has 1 aromatic heterocycles. The van der Waals surface area contributed by atoms with E-state index in [1.807, 2.05) is 11.0 Å². The normalized spacial score (nSPS) is 18.4. The zero-order valence-electron chi connectivity index (χ0n) is 12.2. The van der Waals surface area contributed by atoms with Crippen LogP contribution in [0.2, 0.25) is 0 Å². The van der Waals surface area contributed by atoms with Gasteiger partial charge in [0.1, 0.15) is 5.69 Å². The van der Waals surface area contributed by atoms with Gasteiger partial charge in [-0.25, -0.2) is 0 Å². The lowest BCUT2D eigenvalue weighted by atomic mass is 10.2. The number of anilines is 1. The Morgan fingerprint density at radius 2 is 2.29 bits per heavy atom. The van der Waals surface area contributed by atoms with Crippen molar-refractivity contribution in [2.24, 2.45) is 0 Å². The van der Waals surface area contributed by atoms with Crippen molar-refractivity contribution in [3.05, 3.63) is 24.0 Å². The molecule has 1 amide bonds. The first-order chi connectivity index (χ1) is 9.97. The van der Waals surface area contributed by atoms with Crippen molar-refractivity contribution in [3.8, 4) is 0 Å². The fraction of sp³-hybridized carbons (Fsp3) is 0.500. The predicted molar refractivity (Wildman–Crippen MR) is 76.5 cm³/mol. The highest BCUT2D eigenvalue weighted by Crippen LogP contribution is 2.19. The summed E-state index contributed by atoms with van der Waals surface area (Å²) in [5.74, 6) is -1.03. The minimum atomic E-state index is -0.875. The van der Waals surface area contributed by atoms with E-state index in [2.05, 4.69) is 4.98 Å². The van der Waals surface area contributed by atoms with E-state index < -0.39 is 5.97 Å². The molecule has 1 unspecified atom stereocenters. The van der Waals surface area contributed by atoms with Crippen LogP contribution in [0.3, 0.4) is 0 Å². The largest absolute Gasteiger partial charge is 0.481 e. The topological polar surface area (TPSA) is 83.0 Å². The number of carboxylic acids is 1. The maximum Gasteiger partial charge on any atom is 0.306 e. The van der Waals surface area contributed by atoms with Crippen LogP contribution in [-0.2, 0) is 9.53 Å². The maximum absolute atomic E-state index is 11.9. The number of nitrogens with zero attached hydrogens (tertiary/aromatic N) is 3. The van der Waals surface area contributed by atoms with Gasteiger partial charge in [0.25, 0.3) is 5.91 Å². The van der Waals surface area contributed by atoms with Crippen molar-refractivity contribution in [3.63, 3.8) is 0 Å². The summed E-state index contributed by atoms with van der Waals surface area (Å²) in [4.78, 5) is 30.3. The van der Waals surface area contributed by atoms with Gasteiger partial charge in [0.05, 0.1) is 19.1 Å². The van der Waals surface area contributed by atoms with E-state index in [1.54, 1.807) is 26.4 Å². The summed E-state index contributed by atoms with van der Waals surface area (Å²) in [7, 11) is 3.35. The van der Waals surface area contributed by atoms with Gasteiger partial charge in [-0.05, 0) is 12.1 Å². The standard InChI is InChI=1S/C14H19N3O4/c1-16(2)14(20)12-7-10(3-4-15-12)17-5-6-21-11(9-17)8-13(18)19/h3-4,7,11H,5-6,8-9H2,1-2H3,(H,18,19). The summed E-state index contributed by atoms with van der Waals surface area (Å²) in [6.45, 7) is 1.62. The lowest BCUT2D eigenvalue weighted by molar-refractivity contribution is -0.140. The lowest BCUT2D eigenvalue weighted by Crippen LogP contribution is -2.43. The summed E-state index contributed by atoms with van der Waals surface area (Å²) in [5.41, 5.74) is 1.23. The molecule has 1 N–H and O–H groups in total. The van der Waals surface area contributed by atoms with Gasteiger partial charge in [-0.2, -0.15) is 0 Å². The molecule has 0 saturated carbocycles. The molecular weight excluding hydrogens is 274 g/mol. The number of morpholine rings is 1. The number of ether oxygens (including phenoxy) is 1. The van der Waals surface area contributed by atoms with Crippen LogP contribution in [0.25, 0.3) is 0 Å². The van der Waals surface area contributed by atoms with Crippen molar-refractivity contribution in [1.29, 1.82) is 0 Å². The molecule has 2 heterocycles. The molecule has 0 aliphatic carbocycles. The monoisotopic (exact) mass is 293 g/mol. The number of aromatic nitrogens is 1. The summed E-state index contributed by atoms with van der Waals surface area (Å²) in [6.07, 6.45) is 1.23. The van der Waals surface area contributed by atoms with Crippen LogP contribution in [0.1, 0.15) is 16.9 Å². The molecule has 114 valence electrons. The minimum absolute atomic E-state index is 0.0227. The van der Waals surface area contributed by atoms with E-state index in [-0.39, 0.29) is 18.4 Å². The molecule has 1 atom stereocenters. The molecule has 0 aromatic carbocycles. The number of pyridine rings is 1. The van der Waals surface area contributed by atoms with E-state index in [0.717, 1.165) is 5.69 Å². The summed E-state index contributed by atoms with van der Waals surface area (Å²) < 4.78 is 5.44. The Morgan fingerprint density at radius 3 is 2.95 bits per heavy atom. The molecule has 1 aliphatic heterocycles. The number of hydrogen-bond donors (Lipinski definition) is 1. The first-order valence-electron chi connectivity index (χ1n) is 6.73. The van der Waals surface area contributed by atoms with Crippen LogP contribution in [0.15, 0.2) is 18.3 Å². The maximum atomic E-state index is 11.9. The van der Waals surface area contributed by atoms with Gasteiger partial charge >= 0.3 is 5.97 Å². The SMILES string of the molecule is CN(C)C(=O)c1cc(N2CCOC(CC(=O)O)C2)ccn1. The Hall–Kier alpha value is -2.15. The highest BCUT2D eigenvalue weighted by atomic mass is 16.5. The van der Waals surface area contributed by atoms with Crippen LogP contribution in [0.4, 0.5) is 5.69 Å². The molecule has 1 aromatic rings. The van der Waals surface area contributed by atoms with Gasteiger partial charge < -0.3 is 19.6 Å². The summed E-state index contributed by atoms with van der Waals surface area (Å²) in [5, 5.41) is 8.84. The quantitative estimate of drug-likeness (QED) is 0.868. The fourth-order valence-corrected chi connectivity index (χ4v) is 2.23. The first kappa shape index (κ1) is 15.2. The molecule has 1 fully saturated rings. The molecule has 2 rings (SSSR count). The van der Waals surface area contributed by atoms with Crippen molar-refractivity contribution in [2.75, 3.05) is 38.7 Å². The molecule has 0 radical (unpaired) electrons. The van der Waals surface area contributed by atoms with Gasteiger partial charge in [-0.3, -0.25) is 14.6 Å². The Balaban J connectivity index is 2.12. The van der Waals surface area contributed by atoms with Crippen LogP contribution >= 0.6 is 0 Å². The molecule has 0 spiro atoms. The van der Waals surface area contributed by atoms with Crippen molar-refractivity contribution < 1.29 is 19.4 Å². The number of amides is 1. The van der Waals surface area contributed by atoms with Crippen molar-refractivity contribution in [1.82, 2.24) is 9.88 Å².